The Morgan fingerprint density at radius 2 is 2.00 bits per heavy atom. The standard InChI is InChI=1S/C12H16N2O3/c1-4-5-12(15)13-10-6-9(3)11(14(16)17)7-8(10)2/h6-7H,4-5H2,1-3H3,(H,13,15). The molecule has 0 radical (unpaired) electrons. The summed E-state index contributed by atoms with van der Waals surface area (Å²) in [4.78, 5) is 21.8. The number of hydrogen-bond acceptors (Lipinski definition) is 3. The fourth-order valence-electron chi connectivity index (χ4n) is 1.57. The van der Waals surface area contributed by atoms with Crippen LogP contribution in [0.15, 0.2) is 12.1 Å². The van der Waals surface area contributed by atoms with Crippen LogP contribution in [0.4, 0.5) is 11.4 Å². The second kappa shape index (κ2) is 5.43. The number of nitro groups is 1. The number of carbonyl (C=O) groups is 1. The number of anilines is 1. The van der Waals surface area contributed by atoms with Gasteiger partial charge in [-0.15, -0.1) is 0 Å². The van der Waals surface area contributed by atoms with E-state index in [0.29, 0.717) is 23.2 Å². The van der Waals surface area contributed by atoms with Crippen molar-refractivity contribution in [1.82, 2.24) is 0 Å². The minimum absolute atomic E-state index is 0.0659. The summed E-state index contributed by atoms with van der Waals surface area (Å²) in [6.45, 7) is 5.33. The van der Waals surface area contributed by atoms with Crippen molar-refractivity contribution in [2.24, 2.45) is 0 Å². The van der Waals surface area contributed by atoms with E-state index in [1.54, 1.807) is 19.9 Å². The Morgan fingerprint density at radius 1 is 1.35 bits per heavy atom. The van der Waals surface area contributed by atoms with E-state index in [0.717, 1.165) is 6.42 Å². The minimum Gasteiger partial charge on any atom is -0.326 e. The highest BCUT2D eigenvalue weighted by atomic mass is 16.6. The van der Waals surface area contributed by atoms with Crippen LogP contribution in [0, 0.1) is 24.0 Å². The molecule has 0 aliphatic heterocycles. The predicted molar refractivity (Wildman–Crippen MR) is 66.1 cm³/mol. The zero-order chi connectivity index (χ0) is 13.0. The Kier molecular flexibility index (Phi) is 4.20. The maximum Gasteiger partial charge on any atom is 0.272 e. The van der Waals surface area contributed by atoms with E-state index in [-0.39, 0.29) is 11.6 Å². The fourth-order valence-corrected chi connectivity index (χ4v) is 1.57. The number of amides is 1. The lowest BCUT2D eigenvalue weighted by Gasteiger charge is -2.09. The van der Waals surface area contributed by atoms with Gasteiger partial charge in [0.15, 0.2) is 0 Å². The molecule has 1 amide bonds. The molecule has 0 bridgehead atoms. The van der Waals surface area contributed by atoms with Gasteiger partial charge < -0.3 is 5.32 Å². The first kappa shape index (κ1) is 13.2. The number of nitrogens with one attached hydrogen (secondary N) is 1. The maximum atomic E-state index is 11.4. The summed E-state index contributed by atoms with van der Waals surface area (Å²) in [6.07, 6.45) is 1.23. The highest BCUT2D eigenvalue weighted by Crippen LogP contribution is 2.26. The van der Waals surface area contributed by atoms with Crippen molar-refractivity contribution < 1.29 is 9.72 Å². The topological polar surface area (TPSA) is 72.2 Å². The predicted octanol–water partition coefficient (Wildman–Crippen LogP) is 2.95. The van der Waals surface area contributed by atoms with Gasteiger partial charge in [0.2, 0.25) is 5.91 Å². The molecule has 1 aromatic rings. The average Bonchev–Trinajstić information content (AvgIpc) is 2.22. The zero-order valence-electron chi connectivity index (χ0n) is 10.2. The molecule has 0 fully saturated rings. The van der Waals surface area contributed by atoms with Crippen LogP contribution in [0.25, 0.3) is 0 Å². The van der Waals surface area contributed by atoms with E-state index < -0.39 is 4.92 Å². The molecule has 0 atom stereocenters. The van der Waals surface area contributed by atoms with Gasteiger partial charge in [0, 0.05) is 23.7 Å². The second-order valence-electron chi connectivity index (χ2n) is 4.01. The molecule has 0 saturated carbocycles. The summed E-state index contributed by atoms with van der Waals surface area (Å²) in [5.41, 5.74) is 1.97. The van der Waals surface area contributed by atoms with Gasteiger partial charge in [-0.3, -0.25) is 14.9 Å². The largest absolute Gasteiger partial charge is 0.326 e. The molecule has 0 saturated heterocycles. The Balaban J connectivity index is 2.99. The van der Waals surface area contributed by atoms with Crippen LogP contribution < -0.4 is 5.32 Å². The number of hydrogen-bond donors (Lipinski definition) is 1. The van der Waals surface area contributed by atoms with Gasteiger partial charge in [0.05, 0.1) is 4.92 Å². The lowest BCUT2D eigenvalue weighted by atomic mass is 10.1. The summed E-state index contributed by atoms with van der Waals surface area (Å²) in [5, 5.41) is 13.5. The quantitative estimate of drug-likeness (QED) is 0.645. The first-order valence-electron chi connectivity index (χ1n) is 5.51. The van der Waals surface area contributed by atoms with Gasteiger partial charge in [-0.25, -0.2) is 0 Å². The highest BCUT2D eigenvalue weighted by molar-refractivity contribution is 5.91. The SMILES string of the molecule is CCCC(=O)Nc1cc(C)c([N+](=O)[O-])cc1C. The Labute approximate surface area is 100.0 Å². The van der Waals surface area contributed by atoms with E-state index in [4.69, 9.17) is 0 Å². The van der Waals surface area contributed by atoms with Crippen molar-refractivity contribution in [3.05, 3.63) is 33.4 Å². The van der Waals surface area contributed by atoms with Gasteiger partial charge in [-0.1, -0.05) is 6.92 Å². The Morgan fingerprint density at radius 3 is 2.53 bits per heavy atom. The average molecular weight is 236 g/mol. The smallest absolute Gasteiger partial charge is 0.272 e. The Hall–Kier alpha value is -1.91. The normalized spacial score (nSPS) is 10.1. The summed E-state index contributed by atoms with van der Waals surface area (Å²) in [6, 6.07) is 3.12. The molecule has 92 valence electrons. The van der Waals surface area contributed by atoms with Crippen LogP contribution in [0.1, 0.15) is 30.9 Å². The highest BCUT2D eigenvalue weighted by Gasteiger charge is 2.14. The number of carbonyl (C=O) groups excluding carboxylic acids is 1. The number of benzene rings is 1. The monoisotopic (exact) mass is 236 g/mol. The minimum atomic E-state index is -0.417. The third-order valence-corrected chi connectivity index (χ3v) is 2.49. The number of nitrogens with zero attached hydrogens (tertiary/aromatic N) is 1. The van der Waals surface area contributed by atoms with Crippen LogP contribution in [-0.2, 0) is 4.79 Å². The molecule has 5 heteroatoms. The van der Waals surface area contributed by atoms with E-state index in [1.807, 2.05) is 6.92 Å². The van der Waals surface area contributed by atoms with Crippen LogP contribution in [-0.4, -0.2) is 10.8 Å². The lowest BCUT2D eigenvalue weighted by molar-refractivity contribution is -0.385. The molecule has 0 heterocycles. The summed E-state index contributed by atoms with van der Waals surface area (Å²) in [7, 11) is 0. The molecule has 0 unspecified atom stereocenters. The van der Waals surface area contributed by atoms with E-state index >= 15 is 0 Å². The first-order chi connectivity index (χ1) is 7.95. The zero-order valence-corrected chi connectivity index (χ0v) is 10.2. The molecule has 1 aromatic carbocycles. The molecule has 1 rings (SSSR count). The van der Waals surface area contributed by atoms with Gasteiger partial charge in [-0.2, -0.15) is 0 Å². The maximum absolute atomic E-state index is 11.4. The molecule has 1 N–H and O–H groups in total. The third-order valence-electron chi connectivity index (χ3n) is 2.49. The van der Waals surface area contributed by atoms with E-state index in [9.17, 15) is 14.9 Å². The number of rotatable bonds is 4. The van der Waals surface area contributed by atoms with Crippen molar-refractivity contribution in [3.8, 4) is 0 Å². The fraction of sp³-hybridized carbons (Fsp3) is 0.417. The molecule has 5 nitrogen and oxygen atoms in total. The molecule has 0 aromatic heterocycles. The summed E-state index contributed by atoms with van der Waals surface area (Å²) in [5.74, 6) is -0.0659. The summed E-state index contributed by atoms with van der Waals surface area (Å²) < 4.78 is 0. The van der Waals surface area contributed by atoms with Gasteiger partial charge in [0.25, 0.3) is 5.69 Å². The van der Waals surface area contributed by atoms with Crippen molar-refractivity contribution in [3.63, 3.8) is 0 Å². The van der Waals surface area contributed by atoms with Crippen molar-refractivity contribution in [1.29, 1.82) is 0 Å². The second-order valence-corrected chi connectivity index (χ2v) is 4.01. The molecule has 0 aliphatic rings. The van der Waals surface area contributed by atoms with E-state index in [2.05, 4.69) is 5.32 Å². The van der Waals surface area contributed by atoms with Gasteiger partial charge in [-0.05, 0) is 31.9 Å². The molecular formula is C12H16N2O3. The van der Waals surface area contributed by atoms with Crippen LogP contribution in [0.3, 0.4) is 0 Å². The first-order valence-corrected chi connectivity index (χ1v) is 5.51. The molecule has 17 heavy (non-hydrogen) atoms. The molecular weight excluding hydrogens is 220 g/mol. The van der Waals surface area contributed by atoms with Crippen molar-refractivity contribution in [2.75, 3.05) is 5.32 Å². The summed E-state index contributed by atoms with van der Waals surface area (Å²) >= 11 is 0. The molecule has 0 aliphatic carbocycles. The molecule has 0 spiro atoms. The number of nitro benzene ring substituents is 1. The Bertz CT molecular complexity index is 455. The van der Waals surface area contributed by atoms with Gasteiger partial charge >= 0.3 is 0 Å². The third kappa shape index (κ3) is 3.27. The van der Waals surface area contributed by atoms with E-state index in [1.165, 1.54) is 6.07 Å². The van der Waals surface area contributed by atoms with Crippen LogP contribution >= 0.6 is 0 Å². The lowest BCUT2D eigenvalue weighted by Crippen LogP contribution is -2.12. The van der Waals surface area contributed by atoms with Crippen LogP contribution in [0.5, 0.6) is 0 Å². The van der Waals surface area contributed by atoms with Crippen LogP contribution in [0.2, 0.25) is 0 Å². The van der Waals surface area contributed by atoms with Crippen molar-refractivity contribution in [2.45, 2.75) is 33.6 Å². The van der Waals surface area contributed by atoms with Crippen molar-refractivity contribution >= 4 is 17.3 Å². The van der Waals surface area contributed by atoms with Gasteiger partial charge in [0.1, 0.15) is 0 Å². The number of aryl methyl sites for hydroxylation is 2.